The molecule has 1 aliphatic heterocycles. The maximum atomic E-state index is 13.6. The number of furan rings is 1. The van der Waals surface area contributed by atoms with E-state index in [1.54, 1.807) is 37.3 Å². The second-order valence-electron chi connectivity index (χ2n) is 7.36. The molecule has 1 amide bonds. The average molecular weight is 529 g/mol. The Labute approximate surface area is 200 Å². The molecular weight excluding hydrogens is 514 g/mol. The molecule has 160 valence electrons. The zero-order valence-electron chi connectivity index (χ0n) is 16.6. The topological polar surface area (TPSA) is 70.8 Å². The first kappa shape index (κ1) is 21.0. The molecule has 32 heavy (non-hydrogen) atoms. The number of hydrogen-bond donors (Lipinski definition) is 1. The molecule has 0 radical (unpaired) electrons. The lowest BCUT2D eigenvalue weighted by Gasteiger charge is -2.27. The summed E-state index contributed by atoms with van der Waals surface area (Å²) in [7, 11) is 0. The number of carbonyl (C=O) groups is 2. The molecule has 0 saturated carbocycles. The zero-order chi connectivity index (χ0) is 22.6. The Balaban J connectivity index is 1.66. The number of carbonyl (C=O) groups excluding carboxylic acids is 2. The quantitative estimate of drug-likeness (QED) is 0.289. The minimum Gasteiger partial charge on any atom is -0.503 e. The molecular formula is C24H15BrClNO4S. The van der Waals surface area contributed by atoms with Crippen molar-refractivity contribution in [2.45, 2.75) is 13.0 Å². The maximum absolute atomic E-state index is 13.6. The molecule has 1 N–H and O–H groups in total. The highest BCUT2D eigenvalue weighted by atomic mass is 79.9. The third-order valence-electron chi connectivity index (χ3n) is 5.47. The van der Waals surface area contributed by atoms with Crippen molar-refractivity contribution in [1.29, 1.82) is 0 Å². The third-order valence-corrected chi connectivity index (χ3v) is 7.29. The van der Waals surface area contributed by atoms with Gasteiger partial charge in [0.25, 0.3) is 5.91 Å². The van der Waals surface area contributed by atoms with E-state index in [2.05, 4.69) is 15.9 Å². The van der Waals surface area contributed by atoms with Crippen LogP contribution in [-0.2, 0) is 4.79 Å². The van der Waals surface area contributed by atoms with E-state index in [4.69, 9.17) is 16.0 Å². The van der Waals surface area contributed by atoms with Gasteiger partial charge in [0.05, 0.1) is 5.57 Å². The molecule has 1 aliphatic rings. The second-order valence-corrected chi connectivity index (χ2v) is 9.66. The van der Waals surface area contributed by atoms with Gasteiger partial charge in [0.2, 0.25) is 5.78 Å². The lowest BCUT2D eigenvalue weighted by Crippen LogP contribution is -2.31. The fourth-order valence-electron chi connectivity index (χ4n) is 3.92. The van der Waals surface area contributed by atoms with Gasteiger partial charge in [-0.25, -0.2) is 0 Å². The van der Waals surface area contributed by atoms with Gasteiger partial charge in [0.1, 0.15) is 11.6 Å². The number of thiophene rings is 1. The Hall–Kier alpha value is -2.87. The van der Waals surface area contributed by atoms with Crippen molar-refractivity contribution in [3.63, 3.8) is 0 Å². The number of rotatable bonds is 4. The predicted molar refractivity (Wildman–Crippen MR) is 129 cm³/mol. The monoisotopic (exact) mass is 527 g/mol. The largest absolute Gasteiger partial charge is 0.503 e. The normalized spacial score (nSPS) is 16.4. The van der Waals surface area contributed by atoms with Crippen LogP contribution in [0.2, 0.25) is 5.02 Å². The number of hydrogen-bond acceptors (Lipinski definition) is 5. The number of amides is 1. The molecule has 2 aromatic heterocycles. The van der Waals surface area contributed by atoms with Crippen LogP contribution in [0.5, 0.6) is 0 Å². The van der Waals surface area contributed by atoms with Gasteiger partial charge in [0.15, 0.2) is 11.5 Å². The van der Waals surface area contributed by atoms with E-state index in [0.717, 1.165) is 14.7 Å². The Bertz CT molecular complexity index is 1420. The number of aliphatic hydroxyl groups excluding tert-OH is 1. The number of benzene rings is 2. The SMILES string of the molecule is Cc1c(Cl)cccc1N1C(=O)C(O)=C(C(=O)c2cc3cc(Br)ccc3o2)C1c1cccs1. The van der Waals surface area contributed by atoms with E-state index in [0.29, 0.717) is 21.9 Å². The fourth-order valence-corrected chi connectivity index (χ4v) is 5.29. The molecule has 0 aliphatic carbocycles. The number of anilines is 1. The molecule has 0 spiro atoms. The van der Waals surface area contributed by atoms with E-state index in [9.17, 15) is 14.7 Å². The van der Waals surface area contributed by atoms with Gasteiger partial charge in [-0.2, -0.15) is 0 Å². The van der Waals surface area contributed by atoms with Crippen LogP contribution in [0.15, 0.2) is 80.2 Å². The lowest BCUT2D eigenvalue weighted by molar-refractivity contribution is -0.117. The van der Waals surface area contributed by atoms with Gasteiger partial charge in [-0.05, 0) is 60.3 Å². The van der Waals surface area contributed by atoms with Crippen LogP contribution in [0.1, 0.15) is 27.0 Å². The van der Waals surface area contributed by atoms with Gasteiger partial charge >= 0.3 is 0 Å². The third kappa shape index (κ3) is 3.28. The van der Waals surface area contributed by atoms with E-state index < -0.39 is 23.5 Å². The summed E-state index contributed by atoms with van der Waals surface area (Å²) in [6.07, 6.45) is 0. The predicted octanol–water partition coefficient (Wildman–Crippen LogP) is 7.00. The number of nitrogens with zero attached hydrogens (tertiary/aromatic N) is 1. The van der Waals surface area contributed by atoms with E-state index >= 15 is 0 Å². The van der Waals surface area contributed by atoms with Crippen LogP contribution < -0.4 is 4.90 Å². The van der Waals surface area contributed by atoms with Crippen LogP contribution in [0, 0.1) is 6.92 Å². The highest BCUT2D eigenvalue weighted by Gasteiger charge is 2.46. The number of ketones is 1. The number of fused-ring (bicyclic) bond motifs is 1. The second kappa shape index (κ2) is 7.92. The minimum atomic E-state index is -0.799. The molecule has 8 heteroatoms. The summed E-state index contributed by atoms with van der Waals surface area (Å²) in [5.74, 6) is -1.73. The van der Waals surface area contributed by atoms with Crippen LogP contribution in [0.3, 0.4) is 0 Å². The van der Waals surface area contributed by atoms with Crippen LogP contribution in [-0.4, -0.2) is 16.8 Å². The van der Waals surface area contributed by atoms with Gasteiger partial charge in [0, 0.05) is 25.4 Å². The Morgan fingerprint density at radius 2 is 2.00 bits per heavy atom. The van der Waals surface area contributed by atoms with Crippen molar-refractivity contribution in [2.75, 3.05) is 4.90 Å². The summed E-state index contributed by atoms with van der Waals surface area (Å²) in [5.41, 5.74) is 1.73. The highest BCUT2D eigenvalue weighted by molar-refractivity contribution is 9.10. The Kier molecular flexibility index (Phi) is 5.20. The molecule has 0 saturated heterocycles. The van der Waals surface area contributed by atoms with E-state index in [-0.39, 0.29) is 11.3 Å². The van der Waals surface area contributed by atoms with Crippen molar-refractivity contribution in [3.8, 4) is 0 Å². The van der Waals surface area contributed by atoms with E-state index in [1.807, 2.05) is 29.6 Å². The van der Waals surface area contributed by atoms with Crippen molar-refractivity contribution in [3.05, 3.63) is 97.0 Å². The maximum Gasteiger partial charge on any atom is 0.294 e. The summed E-state index contributed by atoms with van der Waals surface area (Å²) >= 11 is 11.1. The smallest absolute Gasteiger partial charge is 0.294 e. The number of halogens is 2. The minimum absolute atomic E-state index is 0.0186. The van der Waals surface area contributed by atoms with Crippen LogP contribution >= 0.6 is 38.9 Å². The van der Waals surface area contributed by atoms with Gasteiger partial charge < -0.3 is 9.52 Å². The van der Waals surface area contributed by atoms with Crippen molar-refractivity contribution in [1.82, 2.24) is 0 Å². The summed E-state index contributed by atoms with van der Waals surface area (Å²) in [4.78, 5) is 29.0. The molecule has 0 fully saturated rings. The standard InChI is InChI=1S/C24H15BrClNO4S/c1-12-15(26)4-2-5-16(12)27-21(19-6-3-9-32-19)20(23(29)24(27)30)22(28)18-11-13-10-14(25)7-8-17(13)31-18/h2-11,21,29H,1H3. The molecule has 3 heterocycles. The Morgan fingerprint density at radius 1 is 1.19 bits per heavy atom. The first-order chi connectivity index (χ1) is 15.4. The van der Waals surface area contributed by atoms with E-state index in [1.165, 1.54) is 16.2 Å². The molecule has 2 aromatic carbocycles. The average Bonchev–Trinajstić information content (AvgIpc) is 3.49. The van der Waals surface area contributed by atoms with Crippen molar-refractivity contribution < 1.29 is 19.1 Å². The molecule has 5 rings (SSSR count). The summed E-state index contributed by atoms with van der Waals surface area (Å²) in [5, 5.41) is 13.9. The highest BCUT2D eigenvalue weighted by Crippen LogP contribution is 2.45. The van der Waals surface area contributed by atoms with Crippen LogP contribution in [0.4, 0.5) is 5.69 Å². The number of Topliss-reactive ketones (excluding diaryl/α,β-unsaturated/α-hetero) is 1. The summed E-state index contributed by atoms with van der Waals surface area (Å²) in [6.45, 7) is 1.80. The van der Waals surface area contributed by atoms with Gasteiger partial charge in [-0.1, -0.05) is 39.7 Å². The van der Waals surface area contributed by atoms with Crippen LogP contribution in [0.25, 0.3) is 11.0 Å². The molecule has 4 aromatic rings. The van der Waals surface area contributed by atoms with Gasteiger partial charge in [-0.15, -0.1) is 11.3 Å². The summed E-state index contributed by atoms with van der Waals surface area (Å²) in [6, 6.07) is 15.1. The molecule has 1 unspecified atom stereocenters. The Morgan fingerprint density at radius 3 is 2.75 bits per heavy atom. The van der Waals surface area contributed by atoms with Crippen molar-refractivity contribution >= 4 is 67.2 Å². The molecule has 0 bridgehead atoms. The fraction of sp³-hybridized carbons (Fsp3) is 0.0833. The van der Waals surface area contributed by atoms with Crippen molar-refractivity contribution in [2.24, 2.45) is 0 Å². The van der Waals surface area contributed by atoms with Gasteiger partial charge in [-0.3, -0.25) is 14.5 Å². The lowest BCUT2D eigenvalue weighted by atomic mass is 9.99. The zero-order valence-corrected chi connectivity index (χ0v) is 19.8. The first-order valence-corrected chi connectivity index (χ1v) is 11.7. The first-order valence-electron chi connectivity index (χ1n) is 9.66. The molecule has 5 nitrogen and oxygen atoms in total. The summed E-state index contributed by atoms with van der Waals surface area (Å²) < 4.78 is 6.62. The molecule has 1 atom stereocenters. The number of aliphatic hydroxyl groups is 1.